The molecule has 0 saturated heterocycles. The Kier molecular flexibility index (Phi) is 10.8. The SMILES string of the molecule is CCNC(=NCc1ccccn1)NCCNC(=O)c1ccc(OC)cc1.I. The van der Waals surface area contributed by atoms with Gasteiger partial charge in [-0.05, 0) is 43.3 Å². The summed E-state index contributed by atoms with van der Waals surface area (Å²) in [6.07, 6.45) is 1.75. The quantitative estimate of drug-likeness (QED) is 0.232. The van der Waals surface area contributed by atoms with Crippen molar-refractivity contribution in [1.82, 2.24) is 20.9 Å². The molecule has 0 aliphatic carbocycles. The first-order chi connectivity index (χ1) is 12.7. The number of amides is 1. The number of methoxy groups -OCH3 is 1. The van der Waals surface area contributed by atoms with E-state index in [0.29, 0.717) is 31.2 Å². The van der Waals surface area contributed by atoms with E-state index in [9.17, 15) is 4.79 Å². The summed E-state index contributed by atoms with van der Waals surface area (Å²) in [6.45, 7) is 4.30. The van der Waals surface area contributed by atoms with E-state index >= 15 is 0 Å². The molecule has 2 rings (SSSR count). The van der Waals surface area contributed by atoms with Gasteiger partial charge in [0.25, 0.3) is 5.91 Å². The van der Waals surface area contributed by atoms with Gasteiger partial charge in [0.15, 0.2) is 5.96 Å². The lowest BCUT2D eigenvalue weighted by Gasteiger charge is -2.12. The summed E-state index contributed by atoms with van der Waals surface area (Å²) in [7, 11) is 1.60. The minimum Gasteiger partial charge on any atom is -0.497 e. The number of benzene rings is 1. The molecule has 8 heteroatoms. The highest BCUT2D eigenvalue weighted by Crippen LogP contribution is 2.10. The number of rotatable bonds is 8. The molecule has 27 heavy (non-hydrogen) atoms. The topological polar surface area (TPSA) is 87.6 Å². The minimum atomic E-state index is -0.120. The smallest absolute Gasteiger partial charge is 0.251 e. The van der Waals surface area contributed by atoms with Gasteiger partial charge in [-0.3, -0.25) is 9.78 Å². The van der Waals surface area contributed by atoms with Gasteiger partial charge in [0.1, 0.15) is 5.75 Å². The van der Waals surface area contributed by atoms with Gasteiger partial charge in [-0.2, -0.15) is 0 Å². The zero-order valence-corrected chi connectivity index (χ0v) is 17.9. The fraction of sp³-hybridized carbons (Fsp3) is 0.316. The van der Waals surface area contributed by atoms with Crippen molar-refractivity contribution in [2.75, 3.05) is 26.7 Å². The molecule has 7 nitrogen and oxygen atoms in total. The Morgan fingerprint density at radius 1 is 1.07 bits per heavy atom. The van der Waals surface area contributed by atoms with Gasteiger partial charge in [-0.25, -0.2) is 4.99 Å². The van der Waals surface area contributed by atoms with Crippen molar-refractivity contribution in [2.24, 2.45) is 4.99 Å². The number of nitrogens with zero attached hydrogens (tertiary/aromatic N) is 2. The minimum absolute atomic E-state index is 0. The van der Waals surface area contributed by atoms with Gasteiger partial charge < -0.3 is 20.7 Å². The Balaban J connectivity index is 0.00000364. The van der Waals surface area contributed by atoms with Crippen LogP contribution in [0.1, 0.15) is 23.0 Å². The van der Waals surface area contributed by atoms with Gasteiger partial charge in [0.2, 0.25) is 0 Å². The molecule has 1 aromatic carbocycles. The third-order valence-corrected chi connectivity index (χ3v) is 3.52. The molecule has 0 aliphatic rings. The van der Waals surface area contributed by atoms with Crippen molar-refractivity contribution in [3.05, 3.63) is 59.9 Å². The molecular formula is C19H26IN5O2. The fourth-order valence-electron chi connectivity index (χ4n) is 2.19. The number of carbonyl (C=O) groups is 1. The van der Waals surface area contributed by atoms with Crippen LogP contribution in [0.2, 0.25) is 0 Å². The first-order valence-corrected chi connectivity index (χ1v) is 8.57. The zero-order chi connectivity index (χ0) is 18.6. The Bertz CT molecular complexity index is 708. The van der Waals surface area contributed by atoms with E-state index in [-0.39, 0.29) is 29.9 Å². The van der Waals surface area contributed by atoms with Crippen LogP contribution in [-0.2, 0) is 6.54 Å². The van der Waals surface area contributed by atoms with Crippen LogP contribution in [0.5, 0.6) is 5.75 Å². The predicted molar refractivity (Wildman–Crippen MR) is 118 cm³/mol. The number of hydrogen-bond donors (Lipinski definition) is 3. The van der Waals surface area contributed by atoms with Crippen LogP contribution < -0.4 is 20.7 Å². The van der Waals surface area contributed by atoms with E-state index < -0.39 is 0 Å². The monoisotopic (exact) mass is 483 g/mol. The molecule has 1 amide bonds. The number of halogens is 1. The van der Waals surface area contributed by atoms with Crippen LogP contribution in [0.15, 0.2) is 53.7 Å². The maximum Gasteiger partial charge on any atom is 0.251 e. The van der Waals surface area contributed by atoms with E-state index in [1.165, 1.54) is 0 Å². The van der Waals surface area contributed by atoms with Crippen molar-refractivity contribution in [2.45, 2.75) is 13.5 Å². The summed E-state index contributed by atoms with van der Waals surface area (Å²) in [4.78, 5) is 20.8. The summed E-state index contributed by atoms with van der Waals surface area (Å²) in [6, 6.07) is 12.7. The zero-order valence-electron chi connectivity index (χ0n) is 15.6. The molecule has 0 spiro atoms. The molecule has 2 aromatic rings. The number of pyridine rings is 1. The number of aliphatic imine (C=N–C) groups is 1. The lowest BCUT2D eigenvalue weighted by atomic mass is 10.2. The van der Waals surface area contributed by atoms with Gasteiger partial charge in [0.05, 0.1) is 19.3 Å². The lowest BCUT2D eigenvalue weighted by molar-refractivity contribution is 0.0954. The Morgan fingerprint density at radius 3 is 2.44 bits per heavy atom. The second-order valence-electron chi connectivity index (χ2n) is 5.43. The maximum absolute atomic E-state index is 12.1. The molecule has 1 aromatic heterocycles. The van der Waals surface area contributed by atoms with E-state index in [1.807, 2.05) is 25.1 Å². The van der Waals surface area contributed by atoms with Crippen molar-refractivity contribution in [3.8, 4) is 5.75 Å². The molecule has 1 heterocycles. The second-order valence-corrected chi connectivity index (χ2v) is 5.43. The number of ether oxygens (including phenoxy) is 1. The van der Waals surface area contributed by atoms with Crippen LogP contribution in [0.3, 0.4) is 0 Å². The van der Waals surface area contributed by atoms with Crippen LogP contribution in [0.25, 0.3) is 0 Å². The Morgan fingerprint density at radius 2 is 1.81 bits per heavy atom. The second kappa shape index (κ2) is 12.9. The van der Waals surface area contributed by atoms with E-state index in [1.54, 1.807) is 37.6 Å². The average molecular weight is 483 g/mol. The maximum atomic E-state index is 12.1. The third-order valence-electron chi connectivity index (χ3n) is 3.52. The van der Waals surface area contributed by atoms with Crippen molar-refractivity contribution in [1.29, 1.82) is 0 Å². The molecular weight excluding hydrogens is 457 g/mol. The van der Waals surface area contributed by atoms with Crippen molar-refractivity contribution >= 4 is 35.8 Å². The lowest BCUT2D eigenvalue weighted by Crippen LogP contribution is -2.41. The van der Waals surface area contributed by atoms with Crippen LogP contribution in [-0.4, -0.2) is 43.6 Å². The first kappa shape index (κ1) is 22.7. The first-order valence-electron chi connectivity index (χ1n) is 8.57. The van der Waals surface area contributed by atoms with Crippen LogP contribution in [0, 0.1) is 0 Å². The van der Waals surface area contributed by atoms with E-state index in [2.05, 4.69) is 25.9 Å². The van der Waals surface area contributed by atoms with Crippen LogP contribution >= 0.6 is 24.0 Å². The number of guanidine groups is 1. The standard InChI is InChI=1S/C19H25N5O2.HI/c1-3-20-19(24-14-16-6-4-5-11-21-16)23-13-12-22-18(25)15-7-9-17(26-2)10-8-15;/h4-11H,3,12-14H2,1-2H3,(H,22,25)(H2,20,23,24);1H. The number of aromatic nitrogens is 1. The molecule has 0 saturated carbocycles. The third kappa shape index (κ3) is 8.25. The van der Waals surface area contributed by atoms with Crippen LogP contribution in [0.4, 0.5) is 0 Å². The van der Waals surface area contributed by atoms with Crippen molar-refractivity contribution < 1.29 is 9.53 Å². The van der Waals surface area contributed by atoms with Crippen molar-refractivity contribution in [3.63, 3.8) is 0 Å². The number of carbonyl (C=O) groups excluding carboxylic acids is 1. The molecule has 146 valence electrons. The number of nitrogens with one attached hydrogen (secondary N) is 3. The molecule has 0 fully saturated rings. The van der Waals surface area contributed by atoms with E-state index in [0.717, 1.165) is 18.0 Å². The molecule has 0 aliphatic heterocycles. The predicted octanol–water partition coefficient (Wildman–Crippen LogP) is 2.19. The summed E-state index contributed by atoms with van der Waals surface area (Å²) in [5.74, 6) is 1.30. The van der Waals surface area contributed by atoms with E-state index in [4.69, 9.17) is 4.74 Å². The Hall–Kier alpha value is -2.36. The normalized spacial score (nSPS) is 10.5. The highest BCUT2D eigenvalue weighted by Gasteiger charge is 2.05. The molecule has 3 N–H and O–H groups in total. The largest absolute Gasteiger partial charge is 0.497 e. The molecule has 0 bridgehead atoms. The fourth-order valence-corrected chi connectivity index (χ4v) is 2.19. The summed E-state index contributed by atoms with van der Waals surface area (Å²) in [5.41, 5.74) is 1.50. The highest BCUT2D eigenvalue weighted by atomic mass is 127. The molecule has 0 radical (unpaired) electrons. The highest BCUT2D eigenvalue weighted by molar-refractivity contribution is 14.0. The van der Waals surface area contributed by atoms with Gasteiger partial charge >= 0.3 is 0 Å². The van der Waals surface area contributed by atoms with Gasteiger partial charge in [-0.1, -0.05) is 6.07 Å². The van der Waals surface area contributed by atoms with Gasteiger partial charge in [-0.15, -0.1) is 24.0 Å². The summed E-state index contributed by atoms with van der Waals surface area (Å²) < 4.78 is 5.09. The van der Waals surface area contributed by atoms with Gasteiger partial charge in [0, 0.05) is 31.4 Å². The average Bonchev–Trinajstić information content (AvgIpc) is 2.70. The molecule has 0 unspecified atom stereocenters. The summed E-state index contributed by atoms with van der Waals surface area (Å²) >= 11 is 0. The molecule has 0 atom stereocenters. The number of hydrogen-bond acceptors (Lipinski definition) is 4. The Labute approximate surface area is 177 Å². The summed E-state index contributed by atoms with van der Waals surface area (Å²) in [5, 5.41) is 9.23.